The van der Waals surface area contributed by atoms with Crippen molar-refractivity contribution in [2.75, 3.05) is 24.5 Å². The van der Waals surface area contributed by atoms with Gasteiger partial charge in [-0.15, -0.1) is 35.3 Å². The molecule has 1 unspecified atom stereocenters. The Labute approximate surface area is 187 Å². The van der Waals surface area contributed by atoms with Gasteiger partial charge in [0.15, 0.2) is 5.96 Å². The number of anilines is 1. The molecule has 1 saturated heterocycles. The fraction of sp³-hybridized carbons (Fsp3) is 0.500. The van der Waals surface area contributed by atoms with Crippen LogP contribution in [0.25, 0.3) is 0 Å². The van der Waals surface area contributed by atoms with Crippen LogP contribution in [0, 0.1) is 19.7 Å². The number of guanidine groups is 1. The van der Waals surface area contributed by atoms with Crippen LogP contribution in [-0.4, -0.2) is 36.6 Å². The normalized spacial score (nSPS) is 17.2. The van der Waals surface area contributed by atoms with Crippen LogP contribution in [0.3, 0.4) is 0 Å². The van der Waals surface area contributed by atoms with Crippen LogP contribution in [0.2, 0.25) is 0 Å². The Bertz CT molecular complexity index is 795. The number of aliphatic imine (C=N–C) groups is 1. The highest BCUT2D eigenvalue weighted by molar-refractivity contribution is 14.0. The van der Waals surface area contributed by atoms with Crippen LogP contribution >= 0.6 is 35.3 Å². The summed E-state index contributed by atoms with van der Waals surface area (Å²) >= 11 is 1.67. The molecule has 1 aromatic carbocycles. The molecule has 2 aromatic rings. The second-order valence-electron chi connectivity index (χ2n) is 6.94. The second-order valence-corrected chi connectivity index (χ2v) is 8.26. The van der Waals surface area contributed by atoms with Gasteiger partial charge in [-0.2, -0.15) is 0 Å². The summed E-state index contributed by atoms with van der Waals surface area (Å²) in [5.41, 5.74) is 1.77. The van der Waals surface area contributed by atoms with Crippen molar-refractivity contribution < 1.29 is 4.39 Å². The number of benzene rings is 1. The van der Waals surface area contributed by atoms with E-state index in [9.17, 15) is 4.39 Å². The smallest absolute Gasteiger partial charge is 0.191 e. The lowest BCUT2D eigenvalue weighted by Crippen LogP contribution is -2.51. The van der Waals surface area contributed by atoms with Gasteiger partial charge in [0.1, 0.15) is 10.8 Å². The van der Waals surface area contributed by atoms with Crippen LogP contribution in [-0.2, 0) is 6.54 Å². The molecule has 1 aromatic heterocycles. The molecule has 1 aliphatic rings. The summed E-state index contributed by atoms with van der Waals surface area (Å²) in [6.45, 7) is 9.11. The number of nitrogens with zero attached hydrogens (tertiary/aromatic N) is 3. The van der Waals surface area contributed by atoms with E-state index >= 15 is 0 Å². The van der Waals surface area contributed by atoms with Crippen LogP contribution in [0.5, 0.6) is 0 Å². The number of aromatic nitrogens is 1. The summed E-state index contributed by atoms with van der Waals surface area (Å²) in [4.78, 5) is 12.4. The zero-order valence-corrected chi connectivity index (χ0v) is 19.8. The van der Waals surface area contributed by atoms with E-state index in [1.807, 2.05) is 25.3 Å². The molecule has 0 spiro atoms. The summed E-state index contributed by atoms with van der Waals surface area (Å²) < 4.78 is 14.3. The molecule has 5 nitrogen and oxygen atoms in total. The maximum absolute atomic E-state index is 14.3. The minimum absolute atomic E-state index is 0. The van der Waals surface area contributed by atoms with Crippen LogP contribution in [0.1, 0.15) is 35.2 Å². The van der Waals surface area contributed by atoms with Crippen molar-refractivity contribution in [1.29, 1.82) is 0 Å². The molecule has 0 amide bonds. The number of nitrogens with one attached hydrogen (secondary N) is 2. The van der Waals surface area contributed by atoms with E-state index in [2.05, 4.69) is 39.4 Å². The van der Waals surface area contributed by atoms with Gasteiger partial charge in [-0.1, -0.05) is 6.07 Å². The van der Waals surface area contributed by atoms with Gasteiger partial charge in [-0.25, -0.2) is 14.4 Å². The zero-order chi connectivity index (χ0) is 19.2. The van der Waals surface area contributed by atoms with Crippen LogP contribution in [0.15, 0.2) is 29.4 Å². The Morgan fingerprint density at radius 2 is 2.21 bits per heavy atom. The Hall–Kier alpha value is -1.42. The number of aryl methyl sites for hydroxylation is 2. The Morgan fingerprint density at radius 3 is 2.93 bits per heavy atom. The largest absolute Gasteiger partial charge is 0.367 e. The van der Waals surface area contributed by atoms with Gasteiger partial charge in [-0.05, 0) is 51.3 Å². The maximum atomic E-state index is 14.3. The summed E-state index contributed by atoms with van der Waals surface area (Å²) in [6, 6.07) is 5.54. The van der Waals surface area contributed by atoms with E-state index in [1.54, 1.807) is 17.4 Å². The Morgan fingerprint density at radius 1 is 1.39 bits per heavy atom. The molecular formula is C20H29FIN5S. The van der Waals surface area contributed by atoms with Crippen molar-refractivity contribution in [2.24, 2.45) is 4.99 Å². The molecule has 0 aliphatic carbocycles. The fourth-order valence-electron chi connectivity index (χ4n) is 3.31. The minimum atomic E-state index is -0.152. The highest BCUT2D eigenvalue weighted by Crippen LogP contribution is 2.24. The molecule has 3 rings (SSSR count). The SMILES string of the molecule is CCNC(=NCc1ncc(C)s1)NC1CCCN(c2cc(C)ccc2F)C1.I. The van der Waals surface area contributed by atoms with Gasteiger partial charge in [0.2, 0.25) is 0 Å². The predicted octanol–water partition coefficient (Wildman–Crippen LogP) is 4.24. The highest BCUT2D eigenvalue weighted by atomic mass is 127. The Balaban J connectivity index is 0.00000280. The standard InChI is InChI=1S/C20H28FN5S.HI/c1-4-22-20(24-12-19-23-11-15(3)27-19)25-16-6-5-9-26(13-16)18-10-14(2)7-8-17(18)21;/h7-8,10-11,16H,4-6,9,12-13H2,1-3H3,(H2,22,24,25);1H. The number of hydrogen-bond donors (Lipinski definition) is 2. The molecule has 28 heavy (non-hydrogen) atoms. The number of piperidine rings is 1. The first-order valence-corrected chi connectivity index (χ1v) is 10.3. The molecule has 1 aliphatic heterocycles. The van der Waals surface area contributed by atoms with Gasteiger partial charge >= 0.3 is 0 Å². The molecule has 0 saturated carbocycles. The molecular weight excluding hydrogens is 488 g/mol. The van der Waals surface area contributed by atoms with E-state index in [0.717, 1.165) is 49.0 Å². The number of rotatable bonds is 5. The van der Waals surface area contributed by atoms with Crippen molar-refractivity contribution in [3.63, 3.8) is 0 Å². The van der Waals surface area contributed by atoms with Gasteiger partial charge in [0.05, 0.1) is 12.2 Å². The van der Waals surface area contributed by atoms with Gasteiger partial charge in [0, 0.05) is 36.8 Å². The van der Waals surface area contributed by atoms with Crippen molar-refractivity contribution in [3.05, 3.63) is 45.7 Å². The van der Waals surface area contributed by atoms with Crippen molar-refractivity contribution in [1.82, 2.24) is 15.6 Å². The van der Waals surface area contributed by atoms with Gasteiger partial charge < -0.3 is 15.5 Å². The summed E-state index contributed by atoms with van der Waals surface area (Å²) in [7, 11) is 0. The molecule has 0 bridgehead atoms. The van der Waals surface area contributed by atoms with E-state index in [4.69, 9.17) is 0 Å². The first-order valence-electron chi connectivity index (χ1n) is 9.52. The van der Waals surface area contributed by atoms with E-state index in [-0.39, 0.29) is 35.8 Å². The third kappa shape index (κ3) is 6.30. The van der Waals surface area contributed by atoms with Crippen molar-refractivity contribution in [2.45, 2.75) is 46.2 Å². The zero-order valence-electron chi connectivity index (χ0n) is 16.7. The topological polar surface area (TPSA) is 52.6 Å². The second kappa shape index (κ2) is 10.9. The third-order valence-electron chi connectivity index (χ3n) is 4.59. The third-order valence-corrected chi connectivity index (χ3v) is 5.49. The maximum Gasteiger partial charge on any atom is 0.191 e. The molecule has 0 radical (unpaired) electrons. The lowest BCUT2D eigenvalue weighted by Gasteiger charge is -2.35. The Kier molecular flexibility index (Phi) is 8.94. The predicted molar refractivity (Wildman–Crippen MR) is 127 cm³/mol. The monoisotopic (exact) mass is 517 g/mol. The lowest BCUT2D eigenvalue weighted by molar-refractivity contribution is 0.462. The average molecular weight is 517 g/mol. The summed E-state index contributed by atoms with van der Waals surface area (Å²) in [5.74, 6) is 0.642. The van der Waals surface area contributed by atoms with E-state index < -0.39 is 0 Å². The lowest BCUT2D eigenvalue weighted by atomic mass is 10.0. The quantitative estimate of drug-likeness (QED) is 0.354. The first-order chi connectivity index (χ1) is 13.0. The van der Waals surface area contributed by atoms with Gasteiger partial charge in [0.25, 0.3) is 0 Å². The van der Waals surface area contributed by atoms with Crippen molar-refractivity contribution >= 4 is 47.0 Å². The van der Waals surface area contributed by atoms with E-state index in [1.165, 1.54) is 4.88 Å². The van der Waals surface area contributed by atoms with Crippen LogP contribution in [0.4, 0.5) is 10.1 Å². The number of thiazole rings is 1. The number of hydrogen-bond acceptors (Lipinski definition) is 4. The summed E-state index contributed by atoms with van der Waals surface area (Å²) in [6.07, 6.45) is 3.95. The molecule has 1 fully saturated rings. The average Bonchev–Trinajstić information content (AvgIpc) is 3.07. The first kappa shape index (κ1) is 22.9. The summed E-state index contributed by atoms with van der Waals surface area (Å²) in [5, 5.41) is 7.84. The highest BCUT2D eigenvalue weighted by Gasteiger charge is 2.23. The van der Waals surface area contributed by atoms with Gasteiger partial charge in [-0.3, -0.25) is 0 Å². The molecule has 154 valence electrons. The van der Waals surface area contributed by atoms with Crippen LogP contribution < -0.4 is 15.5 Å². The molecule has 8 heteroatoms. The van der Waals surface area contributed by atoms with Crippen molar-refractivity contribution in [3.8, 4) is 0 Å². The van der Waals surface area contributed by atoms with E-state index in [0.29, 0.717) is 12.2 Å². The number of halogens is 2. The fourth-order valence-corrected chi connectivity index (χ4v) is 4.02. The molecule has 2 heterocycles. The molecule has 1 atom stereocenters. The molecule has 2 N–H and O–H groups in total. The minimum Gasteiger partial charge on any atom is -0.367 e.